The molecule has 0 spiro atoms. The van der Waals surface area contributed by atoms with Gasteiger partial charge in [-0.2, -0.15) is 5.26 Å². The number of fused-ring (bicyclic) bond motifs is 1. The number of anilines is 1. The maximum absolute atomic E-state index is 12.7. The average Bonchev–Trinajstić information content (AvgIpc) is 2.68. The first kappa shape index (κ1) is 19.4. The molecule has 0 bridgehead atoms. The molecule has 0 saturated carbocycles. The van der Waals surface area contributed by atoms with Crippen molar-refractivity contribution in [2.45, 2.75) is 38.6 Å². The third kappa shape index (κ3) is 3.96. The molecule has 0 aromatic heterocycles. The fraction of sp³-hybridized carbons (Fsp3) is 0.261. The number of hydrogen-bond donors (Lipinski definition) is 1. The van der Waals surface area contributed by atoms with Crippen molar-refractivity contribution in [3.05, 3.63) is 71.4 Å². The fourth-order valence-corrected chi connectivity index (χ4v) is 3.34. The summed E-state index contributed by atoms with van der Waals surface area (Å²) in [4.78, 5) is 26.3. The van der Waals surface area contributed by atoms with Crippen LogP contribution in [0, 0.1) is 11.3 Å². The summed E-state index contributed by atoms with van der Waals surface area (Å²) in [7, 11) is 0. The number of rotatable bonds is 4. The number of nitrogens with zero attached hydrogens (tertiary/aromatic N) is 2. The van der Waals surface area contributed by atoms with Crippen molar-refractivity contribution in [1.29, 1.82) is 5.26 Å². The molecule has 2 aromatic rings. The van der Waals surface area contributed by atoms with Crippen molar-refractivity contribution >= 4 is 23.6 Å². The van der Waals surface area contributed by atoms with Gasteiger partial charge in [0.25, 0.3) is 0 Å². The van der Waals surface area contributed by atoms with Crippen molar-refractivity contribution in [2.75, 3.05) is 5.32 Å². The smallest absolute Gasteiger partial charge is 0.226 e. The predicted octanol–water partition coefficient (Wildman–Crippen LogP) is 4.39. The zero-order valence-electron chi connectivity index (χ0n) is 16.3. The topological polar surface area (TPSA) is 73.2 Å². The molecule has 1 atom stereocenters. The minimum Gasteiger partial charge on any atom is -0.326 e. The molecule has 5 heteroatoms. The van der Waals surface area contributed by atoms with Crippen molar-refractivity contribution in [3.63, 3.8) is 0 Å². The quantitative estimate of drug-likeness (QED) is 0.864. The lowest BCUT2D eigenvalue weighted by Crippen LogP contribution is -2.33. The first-order chi connectivity index (χ1) is 13.3. The molecule has 0 aliphatic carbocycles. The van der Waals surface area contributed by atoms with Crippen LogP contribution >= 0.6 is 0 Å². The summed E-state index contributed by atoms with van der Waals surface area (Å²) in [6.45, 7) is 5.20. The minimum atomic E-state index is -0.581. The van der Waals surface area contributed by atoms with Crippen molar-refractivity contribution in [1.82, 2.24) is 4.90 Å². The molecule has 142 valence electrons. The van der Waals surface area contributed by atoms with Gasteiger partial charge in [0.05, 0.1) is 23.9 Å². The van der Waals surface area contributed by atoms with Crippen LogP contribution < -0.4 is 5.32 Å². The van der Waals surface area contributed by atoms with Crippen LogP contribution in [-0.4, -0.2) is 16.7 Å². The second kappa shape index (κ2) is 7.69. The number of amides is 2. The molecule has 0 radical (unpaired) electrons. The Balaban J connectivity index is 1.76. The predicted molar refractivity (Wildman–Crippen MR) is 109 cm³/mol. The second-order valence-corrected chi connectivity index (χ2v) is 7.45. The summed E-state index contributed by atoms with van der Waals surface area (Å²) in [6.07, 6.45) is 3.79. The highest BCUT2D eigenvalue weighted by Crippen LogP contribution is 2.33. The third-order valence-corrected chi connectivity index (χ3v) is 5.02. The van der Waals surface area contributed by atoms with E-state index in [4.69, 9.17) is 0 Å². The Morgan fingerprint density at radius 3 is 2.46 bits per heavy atom. The van der Waals surface area contributed by atoms with Crippen LogP contribution in [0.25, 0.3) is 6.08 Å². The van der Waals surface area contributed by atoms with Crippen LogP contribution in [0.4, 0.5) is 5.69 Å². The molecule has 1 heterocycles. The Bertz CT molecular complexity index is 968. The van der Waals surface area contributed by atoms with Crippen molar-refractivity contribution < 1.29 is 9.59 Å². The van der Waals surface area contributed by atoms with Gasteiger partial charge in [0.1, 0.15) is 0 Å². The van der Waals surface area contributed by atoms with Gasteiger partial charge in [-0.3, -0.25) is 9.59 Å². The summed E-state index contributed by atoms with van der Waals surface area (Å²) < 4.78 is 0. The Morgan fingerprint density at radius 2 is 1.82 bits per heavy atom. The van der Waals surface area contributed by atoms with E-state index in [9.17, 15) is 14.9 Å². The van der Waals surface area contributed by atoms with Gasteiger partial charge in [0, 0.05) is 18.8 Å². The summed E-state index contributed by atoms with van der Waals surface area (Å²) >= 11 is 0. The Hall–Kier alpha value is -3.39. The second-order valence-electron chi connectivity index (χ2n) is 7.45. The van der Waals surface area contributed by atoms with Crippen LogP contribution in [0.5, 0.6) is 0 Å². The Kier molecular flexibility index (Phi) is 5.32. The van der Waals surface area contributed by atoms with E-state index >= 15 is 0 Å². The summed E-state index contributed by atoms with van der Waals surface area (Å²) in [5, 5.41) is 12.1. The molecule has 5 nitrogen and oxygen atoms in total. The van der Waals surface area contributed by atoms with Gasteiger partial charge in [0.2, 0.25) is 11.8 Å². The molecule has 2 aromatic carbocycles. The lowest BCUT2D eigenvalue weighted by Gasteiger charge is -2.32. The molecule has 28 heavy (non-hydrogen) atoms. The first-order valence-electron chi connectivity index (χ1n) is 9.19. The lowest BCUT2D eigenvalue weighted by atomic mass is 9.86. The number of carbonyl (C=O) groups excluding carboxylic acids is 2. The van der Waals surface area contributed by atoms with E-state index < -0.39 is 5.41 Å². The van der Waals surface area contributed by atoms with E-state index in [-0.39, 0.29) is 24.3 Å². The first-order valence-corrected chi connectivity index (χ1v) is 9.19. The molecule has 3 rings (SSSR count). The third-order valence-electron chi connectivity index (χ3n) is 5.02. The monoisotopic (exact) mass is 373 g/mol. The van der Waals surface area contributed by atoms with Gasteiger partial charge in [-0.15, -0.1) is 0 Å². The van der Waals surface area contributed by atoms with Crippen molar-refractivity contribution in [2.24, 2.45) is 0 Å². The van der Waals surface area contributed by atoms with Crippen LogP contribution in [0.3, 0.4) is 0 Å². The van der Waals surface area contributed by atoms with E-state index in [1.807, 2.05) is 56.3 Å². The van der Waals surface area contributed by atoms with Crippen LogP contribution in [0.15, 0.2) is 54.7 Å². The molecule has 0 saturated heterocycles. The summed E-state index contributed by atoms with van der Waals surface area (Å²) in [5.74, 6) is -0.278. The average molecular weight is 373 g/mol. The van der Waals surface area contributed by atoms with Gasteiger partial charge in [-0.25, -0.2) is 0 Å². The van der Waals surface area contributed by atoms with Crippen LogP contribution in [0.1, 0.15) is 49.9 Å². The molecule has 0 fully saturated rings. The van der Waals surface area contributed by atoms with Gasteiger partial charge < -0.3 is 10.2 Å². The number of nitrogens with one attached hydrogen (secondary N) is 1. The van der Waals surface area contributed by atoms with Gasteiger partial charge in [-0.05, 0) is 48.7 Å². The number of carbonyl (C=O) groups is 2. The minimum absolute atomic E-state index is 0.105. The van der Waals surface area contributed by atoms with Crippen LogP contribution in [0.2, 0.25) is 0 Å². The normalized spacial score (nSPS) is 15.5. The highest BCUT2D eigenvalue weighted by Gasteiger charge is 2.28. The number of benzene rings is 2. The molecular weight excluding hydrogens is 350 g/mol. The largest absolute Gasteiger partial charge is 0.326 e. The van der Waals surface area contributed by atoms with E-state index in [0.717, 1.165) is 16.7 Å². The lowest BCUT2D eigenvalue weighted by molar-refractivity contribution is -0.129. The Morgan fingerprint density at radius 1 is 1.14 bits per heavy atom. The SMILES string of the molecule is CC(=O)N1C=Cc2ccccc2C1CC(=O)Nc1ccc(C(C)(C)C#N)cc1. The maximum atomic E-state index is 12.7. The van der Waals surface area contributed by atoms with Crippen LogP contribution in [-0.2, 0) is 15.0 Å². The van der Waals surface area contributed by atoms with Gasteiger partial charge in [-0.1, -0.05) is 36.4 Å². The number of hydrogen-bond acceptors (Lipinski definition) is 3. The van der Waals surface area contributed by atoms with E-state index in [2.05, 4.69) is 11.4 Å². The van der Waals surface area contributed by atoms with Gasteiger partial charge >= 0.3 is 0 Å². The standard InChI is InChI=1S/C23H23N3O2/c1-16(27)26-13-12-17-6-4-5-7-20(17)21(26)14-22(28)25-19-10-8-18(9-11-19)23(2,3)15-24/h4-13,21H,14H2,1-3H3,(H,25,28). The number of nitriles is 1. The fourth-order valence-electron chi connectivity index (χ4n) is 3.34. The van der Waals surface area contributed by atoms with Gasteiger partial charge in [0.15, 0.2) is 0 Å². The molecule has 1 aliphatic heterocycles. The highest BCUT2D eigenvalue weighted by molar-refractivity contribution is 5.92. The maximum Gasteiger partial charge on any atom is 0.226 e. The van der Waals surface area contributed by atoms with E-state index in [1.165, 1.54) is 6.92 Å². The zero-order chi connectivity index (χ0) is 20.3. The molecule has 2 amide bonds. The van der Waals surface area contributed by atoms with E-state index in [1.54, 1.807) is 23.2 Å². The van der Waals surface area contributed by atoms with Crippen molar-refractivity contribution in [3.8, 4) is 6.07 Å². The summed E-state index contributed by atoms with van der Waals surface area (Å²) in [6, 6.07) is 17.0. The zero-order valence-corrected chi connectivity index (χ0v) is 16.3. The van der Waals surface area contributed by atoms with E-state index in [0.29, 0.717) is 5.69 Å². The molecular formula is C23H23N3O2. The summed E-state index contributed by atoms with van der Waals surface area (Å²) in [5.41, 5.74) is 2.95. The molecule has 1 N–H and O–H groups in total. The molecule has 1 aliphatic rings. The Labute approximate surface area is 165 Å². The highest BCUT2D eigenvalue weighted by atomic mass is 16.2. The molecule has 1 unspecified atom stereocenters.